The quantitative estimate of drug-likeness (QED) is 0.251. The molecule has 1 amide bonds. The third-order valence-corrected chi connectivity index (χ3v) is 4.84. The molecule has 0 bridgehead atoms. The van der Waals surface area contributed by atoms with Gasteiger partial charge in [-0.1, -0.05) is 28.1 Å². The van der Waals surface area contributed by atoms with E-state index in [1.165, 1.54) is 24.4 Å². The van der Waals surface area contributed by atoms with Crippen LogP contribution < -0.4 is 14.9 Å². The zero-order chi connectivity index (χ0) is 22.9. The molecule has 8 nitrogen and oxygen atoms in total. The van der Waals surface area contributed by atoms with Gasteiger partial charge in [0.1, 0.15) is 18.1 Å². The fraction of sp³-hybridized carbons (Fsp3) is 0.130. The number of amides is 1. The van der Waals surface area contributed by atoms with Gasteiger partial charge in [-0.05, 0) is 55.0 Å². The minimum absolute atomic E-state index is 0.0973. The Labute approximate surface area is 193 Å². The summed E-state index contributed by atoms with van der Waals surface area (Å²) in [5.41, 5.74) is 4.11. The number of nitro groups is 1. The van der Waals surface area contributed by atoms with E-state index >= 15 is 0 Å². The first kappa shape index (κ1) is 23.0. The van der Waals surface area contributed by atoms with Crippen LogP contribution in [0.15, 0.2) is 76.3 Å². The molecular formula is C23H20BrN3O5. The zero-order valence-electron chi connectivity index (χ0n) is 17.2. The molecule has 3 aromatic rings. The minimum atomic E-state index is -0.508. The smallest absolute Gasteiger partial charge is 0.271 e. The van der Waals surface area contributed by atoms with Gasteiger partial charge in [-0.15, -0.1) is 0 Å². The van der Waals surface area contributed by atoms with E-state index in [0.29, 0.717) is 35.8 Å². The third kappa shape index (κ3) is 6.39. The Balaban J connectivity index is 1.60. The number of nitro benzene ring substituents is 1. The van der Waals surface area contributed by atoms with Crippen molar-refractivity contribution in [1.82, 2.24) is 5.43 Å². The molecule has 3 rings (SSSR count). The van der Waals surface area contributed by atoms with Crippen molar-refractivity contribution in [3.63, 3.8) is 0 Å². The standard InChI is InChI=1S/C23H20BrN3O5/c1-2-31-22-12-9-20(27(29)30)13-18(22)14-25-26-23(28)17-5-10-21(11-6-17)32-15-16-3-7-19(24)8-4-16/h3-14H,2,15H2,1H3,(H,26,28)/b25-14+. The highest BCUT2D eigenvalue weighted by atomic mass is 79.9. The molecule has 0 saturated heterocycles. The van der Waals surface area contributed by atoms with Crippen LogP contribution in [0.2, 0.25) is 0 Å². The van der Waals surface area contributed by atoms with Crippen molar-refractivity contribution in [3.8, 4) is 11.5 Å². The molecule has 0 aliphatic heterocycles. The molecule has 0 radical (unpaired) electrons. The molecule has 0 aliphatic rings. The lowest BCUT2D eigenvalue weighted by atomic mass is 10.2. The molecule has 0 atom stereocenters. The molecule has 0 heterocycles. The Bertz CT molecular complexity index is 1120. The highest BCUT2D eigenvalue weighted by Gasteiger charge is 2.11. The highest BCUT2D eigenvalue weighted by molar-refractivity contribution is 9.10. The van der Waals surface area contributed by atoms with Crippen LogP contribution in [0.25, 0.3) is 0 Å². The Kier molecular flexibility index (Phi) is 7.93. The Morgan fingerprint density at radius 2 is 1.81 bits per heavy atom. The normalized spacial score (nSPS) is 10.7. The summed E-state index contributed by atoms with van der Waals surface area (Å²) in [6, 6.07) is 18.6. The van der Waals surface area contributed by atoms with E-state index in [-0.39, 0.29) is 5.69 Å². The topological polar surface area (TPSA) is 103 Å². The number of ether oxygens (including phenoxy) is 2. The summed E-state index contributed by atoms with van der Waals surface area (Å²) in [6.07, 6.45) is 1.31. The Hall–Kier alpha value is -3.72. The Morgan fingerprint density at radius 3 is 2.47 bits per heavy atom. The molecule has 0 spiro atoms. The van der Waals surface area contributed by atoms with Crippen molar-refractivity contribution in [1.29, 1.82) is 0 Å². The molecule has 164 valence electrons. The van der Waals surface area contributed by atoms with Gasteiger partial charge in [0, 0.05) is 27.7 Å². The molecule has 3 aromatic carbocycles. The maximum absolute atomic E-state index is 12.3. The minimum Gasteiger partial charge on any atom is -0.493 e. The summed E-state index contributed by atoms with van der Waals surface area (Å²) in [7, 11) is 0. The number of halogens is 1. The summed E-state index contributed by atoms with van der Waals surface area (Å²) in [4.78, 5) is 22.8. The summed E-state index contributed by atoms with van der Waals surface area (Å²) in [5, 5.41) is 14.9. The number of carbonyl (C=O) groups is 1. The second kappa shape index (κ2) is 11.1. The van der Waals surface area contributed by atoms with Crippen LogP contribution in [0.4, 0.5) is 5.69 Å². The van der Waals surface area contributed by atoms with Crippen molar-refractivity contribution >= 4 is 33.7 Å². The van der Waals surface area contributed by atoms with Crippen LogP contribution in [0.5, 0.6) is 11.5 Å². The highest BCUT2D eigenvalue weighted by Crippen LogP contribution is 2.23. The van der Waals surface area contributed by atoms with E-state index in [9.17, 15) is 14.9 Å². The van der Waals surface area contributed by atoms with E-state index in [2.05, 4.69) is 26.5 Å². The number of benzene rings is 3. The fourth-order valence-corrected chi connectivity index (χ4v) is 2.98. The van der Waals surface area contributed by atoms with E-state index < -0.39 is 10.8 Å². The van der Waals surface area contributed by atoms with Crippen LogP contribution in [-0.4, -0.2) is 23.7 Å². The van der Waals surface area contributed by atoms with Crippen molar-refractivity contribution in [2.24, 2.45) is 5.10 Å². The number of hydrazone groups is 1. The van der Waals surface area contributed by atoms with Gasteiger partial charge < -0.3 is 9.47 Å². The van der Waals surface area contributed by atoms with Crippen molar-refractivity contribution in [2.45, 2.75) is 13.5 Å². The van der Waals surface area contributed by atoms with Gasteiger partial charge >= 0.3 is 0 Å². The van der Waals surface area contributed by atoms with Crippen LogP contribution in [0.3, 0.4) is 0 Å². The number of hydrogen-bond donors (Lipinski definition) is 1. The van der Waals surface area contributed by atoms with Gasteiger partial charge in [0.2, 0.25) is 0 Å². The largest absolute Gasteiger partial charge is 0.493 e. The molecule has 0 saturated carbocycles. The van der Waals surface area contributed by atoms with E-state index in [0.717, 1.165) is 10.0 Å². The summed E-state index contributed by atoms with van der Waals surface area (Å²) < 4.78 is 12.2. The average Bonchev–Trinajstić information content (AvgIpc) is 2.80. The van der Waals surface area contributed by atoms with Crippen LogP contribution >= 0.6 is 15.9 Å². The molecule has 0 unspecified atom stereocenters. The summed E-state index contributed by atoms with van der Waals surface area (Å²) in [6.45, 7) is 2.60. The van der Waals surface area contributed by atoms with Gasteiger partial charge in [-0.3, -0.25) is 14.9 Å². The monoisotopic (exact) mass is 497 g/mol. The predicted octanol–water partition coefficient (Wildman–Crippen LogP) is 5.10. The molecule has 1 N–H and O–H groups in total. The second-order valence-electron chi connectivity index (χ2n) is 6.55. The molecule has 32 heavy (non-hydrogen) atoms. The lowest BCUT2D eigenvalue weighted by Crippen LogP contribution is -2.17. The Morgan fingerprint density at radius 1 is 1.09 bits per heavy atom. The van der Waals surface area contributed by atoms with Gasteiger partial charge in [-0.25, -0.2) is 5.43 Å². The van der Waals surface area contributed by atoms with E-state index in [4.69, 9.17) is 9.47 Å². The van der Waals surface area contributed by atoms with Crippen LogP contribution in [-0.2, 0) is 6.61 Å². The van der Waals surface area contributed by atoms with Crippen LogP contribution in [0.1, 0.15) is 28.4 Å². The van der Waals surface area contributed by atoms with Gasteiger partial charge in [0.25, 0.3) is 11.6 Å². The number of nitrogens with zero attached hydrogens (tertiary/aromatic N) is 2. The van der Waals surface area contributed by atoms with Crippen LogP contribution in [0, 0.1) is 10.1 Å². The molecule has 0 fully saturated rings. The fourth-order valence-electron chi connectivity index (χ4n) is 2.71. The van der Waals surface area contributed by atoms with E-state index in [1.54, 1.807) is 31.2 Å². The van der Waals surface area contributed by atoms with E-state index in [1.807, 2.05) is 24.3 Å². The van der Waals surface area contributed by atoms with Crippen molar-refractivity contribution in [3.05, 3.63) is 98.0 Å². The number of nitrogens with one attached hydrogen (secondary N) is 1. The molecule has 0 aromatic heterocycles. The SMILES string of the molecule is CCOc1ccc([N+](=O)[O-])cc1/C=N/NC(=O)c1ccc(OCc2ccc(Br)cc2)cc1. The third-order valence-electron chi connectivity index (χ3n) is 4.31. The first-order valence-corrected chi connectivity index (χ1v) is 10.5. The maximum Gasteiger partial charge on any atom is 0.271 e. The number of non-ortho nitro benzene ring substituents is 1. The summed E-state index contributed by atoms with van der Waals surface area (Å²) >= 11 is 3.39. The van der Waals surface area contributed by atoms with Gasteiger partial charge in [0.15, 0.2) is 0 Å². The first-order valence-electron chi connectivity index (χ1n) is 9.68. The maximum atomic E-state index is 12.3. The lowest BCUT2D eigenvalue weighted by molar-refractivity contribution is -0.384. The second-order valence-corrected chi connectivity index (χ2v) is 7.47. The number of rotatable bonds is 9. The predicted molar refractivity (Wildman–Crippen MR) is 124 cm³/mol. The number of carbonyl (C=O) groups excluding carboxylic acids is 1. The van der Waals surface area contributed by atoms with Crippen molar-refractivity contribution < 1.29 is 19.2 Å². The first-order chi connectivity index (χ1) is 15.5. The van der Waals surface area contributed by atoms with Crippen molar-refractivity contribution in [2.75, 3.05) is 6.61 Å². The van der Waals surface area contributed by atoms with Gasteiger partial charge in [0.05, 0.1) is 17.7 Å². The molecular weight excluding hydrogens is 478 g/mol. The molecule has 0 aliphatic carbocycles. The zero-order valence-corrected chi connectivity index (χ0v) is 18.7. The van der Waals surface area contributed by atoms with Gasteiger partial charge in [-0.2, -0.15) is 5.10 Å². The average molecular weight is 498 g/mol. The lowest BCUT2D eigenvalue weighted by Gasteiger charge is -2.08. The summed E-state index contributed by atoms with van der Waals surface area (Å²) in [5.74, 6) is 0.637. The number of hydrogen-bond acceptors (Lipinski definition) is 6. The molecule has 9 heteroatoms.